The highest BCUT2D eigenvalue weighted by Crippen LogP contribution is 2.25. The minimum absolute atomic E-state index is 0.0986. The lowest BCUT2D eigenvalue weighted by Crippen LogP contribution is -2.32. The van der Waals surface area contributed by atoms with Crippen molar-refractivity contribution in [3.8, 4) is 5.75 Å². The van der Waals surface area contributed by atoms with Gasteiger partial charge in [0.25, 0.3) is 5.91 Å². The van der Waals surface area contributed by atoms with Crippen molar-refractivity contribution < 1.29 is 18.3 Å². The van der Waals surface area contributed by atoms with Crippen LogP contribution >= 0.6 is 11.3 Å². The van der Waals surface area contributed by atoms with Crippen LogP contribution in [0.2, 0.25) is 0 Å². The molecule has 0 aliphatic heterocycles. The van der Waals surface area contributed by atoms with Crippen molar-refractivity contribution >= 4 is 17.2 Å². The van der Waals surface area contributed by atoms with E-state index in [1.807, 2.05) is 47.8 Å². The fraction of sp³-hybridized carbons (Fsp3) is 0.105. The summed E-state index contributed by atoms with van der Waals surface area (Å²) in [5.41, 5.74) is 0.950. The van der Waals surface area contributed by atoms with Gasteiger partial charge in [-0.2, -0.15) is 0 Å². The van der Waals surface area contributed by atoms with Gasteiger partial charge in [0, 0.05) is 10.9 Å². The van der Waals surface area contributed by atoms with Gasteiger partial charge in [0.2, 0.25) is 0 Å². The Hall–Kier alpha value is -2.73. The zero-order valence-electron chi connectivity index (χ0n) is 13.1. The summed E-state index contributed by atoms with van der Waals surface area (Å²) in [5, 5.41) is 4.85. The molecule has 3 nitrogen and oxygen atoms in total. The molecule has 1 aromatic heterocycles. The van der Waals surface area contributed by atoms with E-state index in [-0.39, 0.29) is 24.3 Å². The third kappa shape index (κ3) is 4.42. The van der Waals surface area contributed by atoms with Crippen LogP contribution in [0.1, 0.15) is 16.5 Å². The molecule has 0 spiro atoms. The van der Waals surface area contributed by atoms with Crippen molar-refractivity contribution in [3.05, 3.63) is 88.1 Å². The van der Waals surface area contributed by atoms with Crippen LogP contribution < -0.4 is 10.1 Å². The number of nitrogens with one attached hydrogen (secondary N) is 1. The lowest BCUT2D eigenvalue weighted by molar-refractivity contribution is -0.123. The summed E-state index contributed by atoms with van der Waals surface area (Å²) in [6, 6.07) is 16.3. The van der Waals surface area contributed by atoms with E-state index in [2.05, 4.69) is 5.32 Å². The van der Waals surface area contributed by atoms with Crippen molar-refractivity contribution in [3.63, 3.8) is 0 Å². The second-order valence-electron chi connectivity index (χ2n) is 5.29. The maximum Gasteiger partial charge on any atom is 0.258 e. The number of halogens is 2. The van der Waals surface area contributed by atoms with E-state index in [1.165, 1.54) is 17.4 Å². The molecule has 0 radical (unpaired) electrons. The molecule has 1 heterocycles. The molecule has 1 N–H and O–H groups in total. The van der Waals surface area contributed by atoms with E-state index < -0.39 is 11.6 Å². The van der Waals surface area contributed by atoms with E-state index in [9.17, 15) is 13.6 Å². The van der Waals surface area contributed by atoms with Crippen molar-refractivity contribution in [1.29, 1.82) is 0 Å². The average Bonchev–Trinajstić information content (AvgIpc) is 3.16. The van der Waals surface area contributed by atoms with Crippen LogP contribution in [0.3, 0.4) is 0 Å². The first kappa shape index (κ1) is 17.1. The molecule has 0 saturated heterocycles. The summed E-state index contributed by atoms with van der Waals surface area (Å²) in [7, 11) is 0. The number of amides is 1. The Bertz CT molecular complexity index is 838. The lowest BCUT2D eigenvalue weighted by atomic mass is 10.1. The highest BCUT2D eigenvalue weighted by atomic mass is 32.1. The first-order valence-electron chi connectivity index (χ1n) is 7.59. The fourth-order valence-corrected chi connectivity index (χ4v) is 3.14. The topological polar surface area (TPSA) is 38.3 Å². The molecule has 2 aromatic carbocycles. The van der Waals surface area contributed by atoms with Crippen molar-refractivity contribution in [1.82, 2.24) is 5.32 Å². The zero-order chi connectivity index (χ0) is 17.6. The largest absolute Gasteiger partial charge is 0.484 e. The molecule has 25 heavy (non-hydrogen) atoms. The van der Waals surface area contributed by atoms with Crippen LogP contribution in [0, 0.1) is 11.6 Å². The quantitative estimate of drug-likeness (QED) is 0.712. The van der Waals surface area contributed by atoms with Crippen LogP contribution in [0.25, 0.3) is 0 Å². The monoisotopic (exact) mass is 359 g/mol. The number of hydrogen-bond donors (Lipinski definition) is 1. The van der Waals surface area contributed by atoms with Gasteiger partial charge in [-0.15, -0.1) is 11.3 Å². The van der Waals surface area contributed by atoms with Gasteiger partial charge >= 0.3 is 0 Å². The molecule has 0 saturated carbocycles. The van der Waals surface area contributed by atoms with Gasteiger partial charge in [-0.1, -0.05) is 36.4 Å². The summed E-state index contributed by atoms with van der Waals surface area (Å²) in [4.78, 5) is 13.2. The standard InChI is InChI=1S/C19H15F2NO2S/c20-15-9-8-14(11-16(15)21)24-12-18(23)22-19(17-7-4-10-25-17)13-5-2-1-3-6-13/h1-11,19H,12H2,(H,22,23)/t19-/m0/s1. The maximum absolute atomic E-state index is 13.2. The number of rotatable bonds is 6. The molecule has 1 amide bonds. The van der Waals surface area contributed by atoms with Gasteiger partial charge in [0.05, 0.1) is 6.04 Å². The molecule has 0 unspecified atom stereocenters. The molecule has 1 atom stereocenters. The van der Waals surface area contributed by atoms with Crippen LogP contribution in [0.5, 0.6) is 5.75 Å². The Morgan fingerprint density at radius 1 is 1.04 bits per heavy atom. The SMILES string of the molecule is O=C(COc1ccc(F)c(F)c1)N[C@@H](c1ccccc1)c1cccs1. The third-order valence-electron chi connectivity index (χ3n) is 3.53. The molecule has 3 rings (SSSR count). The van der Waals surface area contributed by atoms with Gasteiger partial charge in [-0.3, -0.25) is 4.79 Å². The first-order chi connectivity index (χ1) is 12.1. The minimum Gasteiger partial charge on any atom is -0.484 e. The highest BCUT2D eigenvalue weighted by molar-refractivity contribution is 7.10. The number of hydrogen-bond acceptors (Lipinski definition) is 3. The molecular formula is C19H15F2NO2S. The summed E-state index contributed by atoms with van der Waals surface area (Å²) in [6.07, 6.45) is 0. The number of carbonyl (C=O) groups is 1. The van der Waals surface area contributed by atoms with Crippen LogP contribution in [-0.4, -0.2) is 12.5 Å². The van der Waals surface area contributed by atoms with E-state index in [1.54, 1.807) is 0 Å². The first-order valence-corrected chi connectivity index (χ1v) is 8.47. The van der Waals surface area contributed by atoms with Gasteiger partial charge in [0.15, 0.2) is 18.2 Å². The van der Waals surface area contributed by atoms with Crippen LogP contribution in [-0.2, 0) is 4.79 Å². The molecule has 128 valence electrons. The van der Waals surface area contributed by atoms with Crippen LogP contribution in [0.15, 0.2) is 66.0 Å². The number of benzene rings is 2. The number of carbonyl (C=O) groups excluding carboxylic acids is 1. The predicted octanol–water partition coefficient (Wildman–Crippen LogP) is 4.31. The van der Waals surface area contributed by atoms with E-state index >= 15 is 0 Å². The summed E-state index contributed by atoms with van der Waals surface area (Å²) >= 11 is 1.54. The Labute approximate surface area is 147 Å². The second kappa shape index (κ2) is 7.90. The van der Waals surface area contributed by atoms with Gasteiger partial charge in [-0.25, -0.2) is 8.78 Å². The molecule has 0 bridgehead atoms. The predicted molar refractivity (Wildman–Crippen MR) is 92.6 cm³/mol. The van der Waals surface area contributed by atoms with E-state index in [4.69, 9.17) is 4.74 Å². The van der Waals surface area contributed by atoms with Crippen molar-refractivity contribution in [2.24, 2.45) is 0 Å². The van der Waals surface area contributed by atoms with Gasteiger partial charge in [0.1, 0.15) is 5.75 Å². The van der Waals surface area contributed by atoms with E-state index in [0.29, 0.717) is 0 Å². The smallest absolute Gasteiger partial charge is 0.258 e. The maximum atomic E-state index is 13.2. The van der Waals surface area contributed by atoms with Gasteiger partial charge < -0.3 is 10.1 Å². The molecule has 0 aliphatic rings. The minimum atomic E-state index is -1.02. The molecule has 6 heteroatoms. The van der Waals surface area contributed by atoms with Crippen molar-refractivity contribution in [2.45, 2.75) is 6.04 Å². The number of thiophene rings is 1. The molecule has 0 aliphatic carbocycles. The van der Waals surface area contributed by atoms with E-state index in [0.717, 1.165) is 22.6 Å². The summed E-state index contributed by atoms with van der Waals surface area (Å²) < 4.78 is 31.3. The molecule has 3 aromatic rings. The average molecular weight is 359 g/mol. The zero-order valence-corrected chi connectivity index (χ0v) is 13.9. The van der Waals surface area contributed by atoms with Crippen LogP contribution in [0.4, 0.5) is 8.78 Å². The Morgan fingerprint density at radius 3 is 2.52 bits per heavy atom. The highest BCUT2D eigenvalue weighted by Gasteiger charge is 2.18. The fourth-order valence-electron chi connectivity index (χ4n) is 2.34. The third-order valence-corrected chi connectivity index (χ3v) is 4.46. The molecular weight excluding hydrogens is 344 g/mol. The Morgan fingerprint density at radius 2 is 1.84 bits per heavy atom. The Balaban J connectivity index is 1.67. The Kier molecular flexibility index (Phi) is 5.40. The summed E-state index contributed by atoms with van der Waals surface area (Å²) in [5.74, 6) is -2.23. The van der Waals surface area contributed by atoms with Crippen molar-refractivity contribution in [2.75, 3.05) is 6.61 Å². The molecule has 0 fully saturated rings. The number of ether oxygens (including phenoxy) is 1. The normalized spacial score (nSPS) is 11.8. The summed E-state index contributed by atoms with van der Waals surface area (Å²) in [6.45, 7) is -0.292. The lowest BCUT2D eigenvalue weighted by Gasteiger charge is -2.18. The van der Waals surface area contributed by atoms with Gasteiger partial charge in [-0.05, 0) is 29.1 Å². The second-order valence-corrected chi connectivity index (χ2v) is 6.27.